The van der Waals surface area contributed by atoms with E-state index in [0.717, 1.165) is 56.6 Å². The van der Waals surface area contributed by atoms with Gasteiger partial charge in [-0.3, -0.25) is 0 Å². The highest BCUT2D eigenvalue weighted by Gasteiger charge is 2.20. The summed E-state index contributed by atoms with van der Waals surface area (Å²) in [5.41, 5.74) is 8.80. The van der Waals surface area contributed by atoms with Crippen molar-refractivity contribution in [3.8, 4) is 0 Å². The molecule has 4 heteroatoms. The van der Waals surface area contributed by atoms with Crippen molar-refractivity contribution >= 4 is 5.70 Å². The number of unbranched alkanes of at least 4 members (excludes halogenated alkanes) is 2. The molecular formula is C29H41N3O. The summed E-state index contributed by atoms with van der Waals surface area (Å²) in [7, 11) is 0. The Labute approximate surface area is 200 Å². The fourth-order valence-electron chi connectivity index (χ4n) is 4.64. The van der Waals surface area contributed by atoms with Crippen molar-refractivity contribution in [2.75, 3.05) is 19.7 Å². The zero-order chi connectivity index (χ0) is 23.5. The molecule has 0 atom stereocenters. The van der Waals surface area contributed by atoms with E-state index in [1.54, 1.807) is 0 Å². The third-order valence-corrected chi connectivity index (χ3v) is 6.40. The van der Waals surface area contributed by atoms with Crippen molar-refractivity contribution in [1.29, 1.82) is 0 Å². The lowest BCUT2D eigenvalue weighted by atomic mass is 10.0. The van der Waals surface area contributed by atoms with Crippen molar-refractivity contribution in [2.24, 2.45) is 0 Å². The predicted octanol–water partition coefficient (Wildman–Crippen LogP) is 6.22. The number of rotatable bonds is 10. The Kier molecular flexibility index (Phi) is 9.89. The van der Waals surface area contributed by atoms with Gasteiger partial charge in [-0.15, -0.1) is 0 Å². The van der Waals surface area contributed by atoms with Gasteiger partial charge in [0.2, 0.25) is 0 Å². The normalized spacial score (nSPS) is 19.6. The SMILES string of the molecule is C/C=C\C1=C(C)CCCN1CC/C=C1/NC(CCCCCO)=C(c2ccccc2)N/C1=C/C. The molecule has 0 spiro atoms. The van der Waals surface area contributed by atoms with Gasteiger partial charge in [0.05, 0.1) is 17.1 Å². The van der Waals surface area contributed by atoms with E-state index < -0.39 is 0 Å². The molecule has 0 aromatic heterocycles. The van der Waals surface area contributed by atoms with Crippen molar-refractivity contribution in [3.05, 3.63) is 88.6 Å². The van der Waals surface area contributed by atoms with Gasteiger partial charge >= 0.3 is 0 Å². The Morgan fingerprint density at radius 3 is 2.58 bits per heavy atom. The first-order chi connectivity index (χ1) is 16.2. The number of benzene rings is 1. The van der Waals surface area contributed by atoms with Crippen LogP contribution in [0.1, 0.15) is 71.3 Å². The van der Waals surface area contributed by atoms with Crippen LogP contribution in [-0.4, -0.2) is 29.7 Å². The molecule has 0 saturated heterocycles. The van der Waals surface area contributed by atoms with Gasteiger partial charge in [-0.1, -0.05) is 55.0 Å². The number of nitrogens with one attached hydrogen (secondary N) is 2. The molecule has 0 saturated carbocycles. The van der Waals surface area contributed by atoms with Crippen LogP contribution in [0.25, 0.3) is 5.70 Å². The predicted molar refractivity (Wildman–Crippen MR) is 140 cm³/mol. The lowest BCUT2D eigenvalue weighted by Gasteiger charge is -2.32. The van der Waals surface area contributed by atoms with E-state index in [1.165, 1.54) is 41.1 Å². The molecule has 0 unspecified atom stereocenters. The molecule has 0 bridgehead atoms. The molecule has 1 aromatic carbocycles. The van der Waals surface area contributed by atoms with E-state index in [0.29, 0.717) is 0 Å². The van der Waals surface area contributed by atoms with Gasteiger partial charge in [0.15, 0.2) is 0 Å². The highest BCUT2D eigenvalue weighted by molar-refractivity contribution is 5.71. The van der Waals surface area contributed by atoms with Gasteiger partial charge in [0, 0.05) is 31.1 Å². The highest BCUT2D eigenvalue weighted by Crippen LogP contribution is 2.28. The minimum absolute atomic E-state index is 0.268. The molecule has 0 radical (unpaired) electrons. The summed E-state index contributed by atoms with van der Waals surface area (Å²) in [5.74, 6) is 0. The number of aliphatic hydroxyl groups is 1. The van der Waals surface area contributed by atoms with Gasteiger partial charge in [0.1, 0.15) is 0 Å². The van der Waals surface area contributed by atoms with Crippen LogP contribution in [0.15, 0.2) is 83.0 Å². The van der Waals surface area contributed by atoms with Crippen molar-refractivity contribution in [1.82, 2.24) is 15.5 Å². The van der Waals surface area contributed by atoms with Gasteiger partial charge in [0.25, 0.3) is 0 Å². The molecule has 3 N–H and O–H groups in total. The van der Waals surface area contributed by atoms with Gasteiger partial charge < -0.3 is 20.6 Å². The summed E-state index contributed by atoms with van der Waals surface area (Å²) in [6.07, 6.45) is 16.3. The van der Waals surface area contributed by atoms with Crippen molar-refractivity contribution in [3.63, 3.8) is 0 Å². The lowest BCUT2D eigenvalue weighted by Crippen LogP contribution is -2.32. The molecule has 1 aromatic rings. The van der Waals surface area contributed by atoms with Crippen LogP contribution in [0, 0.1) is 0 Å². The topological polar surface area (TPSA) is 47.5 Å². The molecular weight excluding hydrogens is 406 g/mol. The van der Waals surface area contributed by atoms with Crippen LogP contribution in [-0.2, 0) is 0 Å². The molecule has 2 aliphatic rings. The van der Waals surface area contributed by atoms with Crippen LogP contribution in [0.2, 0.25) is 0 Å². The number of hydrogen-bond acceptors (Lipinski definition) is 4. The second kappa shape index (κ2) is 13.1. The third-order valence-electron chi connectivity index (χ3n) is 6.40. The summed E-state index contributed by atoms with van der Waals surface area (Å²) in [4.78, 5) is 2.53. The monoisotopic (exact) mass is 447 g/mol. The molecule has 2 heterocycles. The minimum atomic E-state index is 0.268. The molecule has 3 rings (SSSR count). The molecule has 4 nitrogen and oxygen atoms in total. The van der Waals surface area contributed by atoms with E-state index in [-0.39, 0.29) is 6.61 Å². The fraction of sp³-hybridized carbons (Fsp3) is 0.448. The summed E-state index contributed by atoms with van der Waals surface area (Å²) in [6.45, 7) is 8.89. The fourth-order valence-corrected chi connectivity index (χ4v) is 4.64. The Morgan fingerprint density at radius 2 is 1.85 bits per heavy atom. The Bertz CT molecular complexity index is 921. The van der Waals surface area contributed by atoms with Crippen molar-refractivity contribution in [2.45, 2.75) is 65.7 Å². The summed E-state index contributed by atoms with van der Waals surface area (Å²) in [6, 6.07) is 10.6. The molecule has 33 heavy (non-hydrogen) atoms. The third kappa shape index (κ3) is 6.88. The molecule has 0 amide bonds. The lowest BCUT2D eigenvalue weighted by molar-refractivity contribution is 0.283. The number of nitrogens with zero attached hydrogens (tertiary/aromatic N) is 1. The van der Waals surface area contributed by atoms with Crippen LogP contribution in [0.4, 0.5) is 0 Å². The smallest absolute Gasteiger partial charge is 0.0654 e. The summed E-state index contributed by atoms with van der Waals surface area (Å²) >= 11 is 0. The zero-order valence-corrected chi connectivity index (χ0v) is 20.7. The second-order valence-corrected chi connectivity index (χ2v) is 8.87. The maximum atomic E-state index is 9.15. The van der Waals surface area contributed by atoms with Crippen molar-refractivity contribution < 1.29 is 5.11 Å². The number of allylic oxidation sites excluding steroid dienone is 5. The first kappa shape index (κ1) is 24.9. The number of hydrogen-bond donors (Lipinski definition) is 3. The Balaban J connectivity index is 1.77. The molecule has 178 valence electrons. The molecule has 0 fully saturated rings. The van der Waals surface area contributed by atoms with E-state index in [1.807, 2.05) is 0 Å². The molecule has 2 aliphatic heterocycles. The standard InChI is InChI=1S/C29H41N3O/c1-4-14-28-23(3)15-12-20-32(28)21-13-19-26-25(5-2)31-29(24-16-8-6-9-17-24)27(30-26)18-10-7-11-22-33/h4-6,8-9,14,16-17,19,30-31,33H,7,10-13,15,18,20-22H2,1-3H3/b14-4-,25-5+,26-19+. The van der Waals surface area contributed by atoms with E-state index >= 15 is 0 Å². The Hall–Kier alpha value is -2.72. The van der Waals surface area contributed by atoms with Gasteiger partial charge in [-0.05, 0) is 76.5 Å². The maximum Gasteiger partial charge on any atom is 0.0654 e. The first-order valence-electron chi connectivity index (χ1n) is 12.6. The van der Waals surface area contributed by atoms with E-state index in [9.17, 15) is 0 Å². The average molecular weight is 448 g/mol. The summed E-state index contributed by atoms with van der Waals surface area (Å²) < 4.78 is 0. The average Bonchev–Trinajstić information content (AvgIpc) is 2.84. The van der Waals surface area contributed by atoms with E-state index in [4.69, 9.17) is 5.11 Å². The van der Waals surface area contributed by atoms with Gasteiger partial charge in [-0.25, -0.2) is 0 Å². The summed E-state index contributed by atoms with van der Waals surface area (Å²) in [5, 5.41) is 16.6. The maximum absolute atomic E-state index is 9.15. The first-order valence-corrected chi connectivity index (χ1v) is 12.6. The van der Waals surface area contributed by atoms with Crippen LogP contribution in [0.3, 0.4) is 0 Å². The quantitative estimate of drug-likeness (QED) is 0.372. The minimum Gasteiger partial charge on any atom is -0.396 e. The van der Waals surface area contributed by atoms with Crippen LogP contribution in [0.5, 0.6) is 0 Å². The zero-order valence-electron chi connectivity index (χ0n) is 20.7. The van der Waals surface area contributed by atoms with E-state index in [2.05, 4.69) is 90.9 Å². The van der Waals surface area contributed by atoms with Gasteiger partial charge in [-0.2, -0.15) is 0 Å². The number of aliphatic hydroxyl groups excluding tert-OH is 1. The second-order valence-electron chi connectivity index (χ2n) is 8.87. The molecule has 0 aliphatic carbocycles. The van der Waals surface area contributed by atoms with Crippen LogP contribution < -0.4 is 10.6 Å². The largest absolute Gasteiger partial charge is 0.396 e. The highest BCUT2D eigenvalue weighted by atomic mass is 16.2. The Morgan fingerprint density at radius 1 is 1.03 bits per heavy atom. The van der Waals surface area contributed by atoms with Crippen LogP contribution >= 0.6 is 0 Å².